The molecule has 0 aromatic rings. The zero-order chi connectivity index (χ0) is 24.8. The molecule has 0 saturated carbocycles. The van der Waals surface area contributed by atoms with Crippen molar-refractivity contribution in [3.8, 4) is 0 Å². The molecule has 33 heavy (non-hydrogen) atoms. The molecule has 0 aromatic heterocycles. The lowest BCUT2D eigenvalue weighted by molar-refractivity contribution is -0.907. The fraction of sp³-hybridized carbons (Fsp3) is 0.808. The monoisotopic (exact) mass is 470 g/mol. The number of carboxylic acids is 3. The maximum Gasteiger partial charge on any atom is 0.359 e. The van der Waals surface area contributed by atoms with E-state index in [4.69, 9.17) is 15.3 Å². The van der Waals surface area contributed by atoms with Crippen LogP contribution >= 0.6 is 0 Å². The van der Waals surface area contributed by atoms with E-state index in [2.05, 4.69) is 6.58 Å². The van der Waals surface area contributed by atoms with Gasteiger partial charge in [-0.25, -0.2) is 14.4 Å². The zero-order valence-corrected chi connectivity index (χ0v) is 20.6. The first-order valence-electron chi connectivity index (χ1n) is 12.9. The second-order valence-electron chi connectivity index (χ2n) is 9.46. The molecule has 3 N–H and O–H groups in total. The second-order valence-corrected chi connectivity index (χ2v) is 9.46. The van der Waals surface area contributed by atoms with Gasteiger partial charge < -0.3 is 15.3 Å². The zero-order valence-electron chi connectivity index (χ0n) is 20.6. The van der Waals surface area contributed by atoms with Crippen LogP contribution in [0.15, 0.2) is 12.7 Å². The summed E-state index contributed by atoms with van der Waals surface area (Å²) in [6, 6.07) is 0. The number of rotatable bonds is 25. The molecular weight excluding hydrogens is 422 g/mol. The lowest BCUT2D eigenvalue weighted by Crippen LogP contribution is -2.57. The molecule has 0 bridgehead atoms. The van der Waals surface area contributed by atoms with Crippen LogP contribution in [0.5, 0.6) is 0 Å². The first kappa shape index (κ1) is 31.1. The van der Waals surface area contributed by atoms with Crippen LogP contribution in [0, 0.1) is 0 Å². The predicted octanol–water partition coefficient (Wildman–Crippen LogP) is 5.87. The van der Waals surface area contributed by atoms with E-state index in [9.17, 15) is 14.4 Å². The molecule has 0 spiro atoms. The molecule has 0 aliphatic carbocycles. The fourth-order valence-corrected chi connectivity index (χ4v) is 4.48. The Morgan fingerprint density at radius 1 is 0.515 bits per heavy atom. The molecule has 0 heterocycles. The molecular formula is C26H48NO6+. The van der Waals surface area contributed by atoms with Crippen molar-refractivity contribution in [2.45, 2.75) is 109 Å². The van der Waals surface area contributed by atoms with Gasteiger partial charge in [-0.3, -0.25) is 4.48 Å². The maximum absolute atomic E-state index is 11.2. The van der Waals surface area contributed by atoms with Crippen LogP contribution in [0.3, 0.4) is 0 Å². The molecule has 0 atom stereocenters. The van der Waals surface area contributed by atoms with Crippen molar-refractivity contribution in [1.29, 1.82) is 0 Å². The van der Waals surface area contributed by atoms with E-state index in [0.717, 1.165) is 25.7 Å². The van der Waals surface area contributed by atoms with Gasteiger partial charge in [0.1, 0.15) is 0 Å². The van der Waals surface area contributed by atoms with E-state index in [1.807, 2.05) is 6.08 Å². The summed E-state index contributed by atoms with van der Waals surface area (Å²) in [5.74, 6) is -3.51. The number of hydrogen-bond acceptors (Lipinski definition) is 3. The van der Waals surface area contributed by atoms with Crippen LogP contribution < -0.4 is 0 Å². The Labute approximate surface area is 200 Å². The van der Waals surface area contributed by atoms with Crippen LogP contribution in [-0.2, 0) is 14.4 Å². The third-order valence-corrected chi connectivity index (χ3v) is 6.20. The number of allylic oxidation sites excluding steroid dienone is 1. The summed E-state index contributed by atoms with van der Waals surface area (Å²) >= 11 is 0. The average molecular weight is 471 g/mol. The van der Waals surface area contributed by atoms with Crippen molar-refractivity contribution in [3.05, 3.63) is 12.7 Å². The van der Waals surface area contributed by atoms with E-state index in [1.54, 1.807) is 0 Å². The van der Waals surface area contributed by atoms with Gasteiger partial charge in [-0.2, -0.15) is 0 Å². The fourth-order valence-electron chi connectivity index (χ4n) is 4.48. The van der Waals surface area contributed by atoms with Crippen LogP contribution in [0.1, 0.15) is 109 Å². The lowest BCUT2D eigenvalue weighted by Gasteiger charge is -2.34. The normalized spacial score (nSPS) is 11.4. The van der Waals surface area contributed by atoms with Gasteiger partial charge in [0.25, 0.3) is 0 Å². The van der Waals surface area contributed by atoms with Gasteiger partial charge in [-0.05, 0) is 25.7 Å². The summed E-state index contributed by atoms with van der Waals surface area (Å²) in [6.07, 6.45) is 22.5. The molecule has 0 aliphatic heterocycles. The topological polar surface area (TPSA) is 112 Å². The number of nitrogens with zero attached hydrogens (tertiary/aromatic N) is 1. The van der Waals surface area contributed by atoms with Gasteiger partial charge >= 0.3 is 17.9 Å². The second kappa shape index (κ2) is 20.7. The first-order chi connectivity index (χ1) is 15.8. The van der Waals surface area contributed by atoms with Gasteiger partial charge in [0.2, 0.25) is 0 Å². The van der Waals surface area contributed by atoms with Gasteiger partial charge in [0.15, 0.2) is 19.6 Å². The molecule has 7 nitrogen and oxygen atoms in total. The Morgan fingerprint density at radius 3 is 1.06 bits per heavy atom. The molecule has 0 saturated heterocycles. The van der Waals surface area contributed by atoms with E-state index in [0.29, 0.717) is 6.42 Å². The van der Waals surface area contributed by atoms with Crippen LogP contribution in [0.25, 0.3) is 0 Å². The summed E-state index contributed by atoms with van der Waals surface area (Å²) < 4.78 is -0.435. The Morgan fingerprint density at radius 2 is 0.788 bits per heavy atom. The first-order valence-corrected chi connectivity index (χ1v) is 12.9. The summed E-state index contributed by atoms with van der Waals surface area (Å²) in [7, 11) is 0. The molecule has 0 amide bonds. The molecule has 7 heteroatoms. The highest BCUT2D eigenvalue weighted by atomic mass is 16.4. The van der Waals surface area contributed by atoms with Crippen molar-refractivity contribution >= 4 is 17.9 Å². The largest absolute Gasteiger partial charge is 0.477 e. The number of unbranched alkanes of at least 4 members (excludes halogenated alkanes) is 16. The molecule has 0 fully saturated rings. The third-order valence-electron chi connectivity index (χ3n) is 6.20. The highest BCUT2D eigenvalue weighted by Crippen LogP contribution is 2.15. The Balaban J connectivity index is 3.74. The minimum Gasteiger partial charge on any atom is -0.477 e. The van der Waals surface area contributed by atoms with Gasteiger partial charge in [-0.15, -0.1) is 6.58 Å². The summed E-state index contributed by atoms with van der Waals surface area (Å²) in [4.78, 5) is 33.5. The number of quaternary nitrogens is 1. The molecule has 0 aromatic carbocycles. The third kappa shape index (κ3) is 20.4. The maximum atomic E-state index is 11.2. The lowest BCUT2D eigenvalue weighted by atomic mass is 10.0. The number of aliphatic carboxylic acids is 3. The van der Waals surface area contributed by atoms with Gasteiger partial charge in [0.05, 0.1) is 6.54 Å². The van der Waals surface area contributed by atoms with Crippen LogP contribution in [0.4, 0.5) is 0 Å². The number of carboxylic acid groups (broad SMARTS) is 3. The number of hydrogen-bond donors (Lipinski definition) is 3. The minimum absolute atomic E-state index is 0.264. The molecule has 0 unspecified atom stereocenters. The molecule has 0 rings (SSSR count). The Bertz CT molecular complexity index is 508. The van der Waals surface area contributed by atoms with Crippen molar-refractivity contribution in [2.24, 2.45) is 0 Å². The minimum atomic E-state index is -1.17. The molecule has 192 valence electrons. The molecule has 0 aliphatic rings. The Hall–Kier alpha value is -1.89. The standard InChI is InChI=1S/C26H47NO6/c1-2-3-4-5-6-7-8-9-10-11-12-13-14-15-16-17-18-19-20-27(21-24(28)29,22-25(30)31)23-26(32)33/h2H,1,3-23H2,(H2-,28,29,30,31,32,33)/p+1. The highest BCUT2D eigenvalue weighted by molar-refractivity contribution is 5.73. The van der Waals surface area contributed by atoms with E-state index in [1.165, 1.54) is 77.0 Å². The average Bonchev–Trinajstić information content (AvgIpc) is 2.71. The SMILES string of the molecule is C=CCCCCCCCCCCCCCCCCCC[N+](CC(=O)O)(CC(=O)O)CC(=O)O. The molecule has 0 radical (unpaired) electrons. The van der Waals surface area contributed by atoms with Crippen molar-refractivity contribution in [2.75, 3.05) is 26.2 Å². The van der Waals surface area contributed by atoms with Crippen molar-refractivity contribution in [1.82, 2.24) is 0 Å². The van der Waals surface area contributed by atoms with Crippen molar-refractivity contribution < 1.29 is 34.2 Å². The highest BCUT2D eigenvalue weighted by Gasteiger charge is 2.35. The smallest absolute Gasteiger partial charge is 0.359 e. The van der Waals surface area contributed by atoms with Gasteiger partial charge in [-0.1, -0.05) is 89.5 Å². The predicted molar refractivity (Wildman–Crippen MR) is 131 cm³/mol. The number of carbonyl (C=O) groups is 3. The van der Waals surface area contributed by atoms with E-state index < -0.39 is 42.0 Å². The summed E-state index contributed by atoms with van der Waals surface area (Å²) in [6.45, 7) is 2.58. The van der Waals surface area contributed by atoms with E-state index >= 15 is 0 Å². The van der Waals surface area contributed by atoms with E-state index in [-0.39, 0.29) is 6.54 Å². The van der Waals surface area contributed by atoms with Crippen LogP contribution in [0.2, 0.25) is 0 Å². The van der Waals surface area contributed by atoms with Crippen molar-refractivity contribution in [3.63, 3.8) is 0 Å². The van der Waals surface area contributed by atoms with Gasteiger partial charge in [0, 0.05) is 0 Å². The quantitative estimate of drug-likeness (QED) is 0.0873. The summed E-state index contributed by atoms with van der Waals surface area (Å²) in [5, 5.41) is 27.4. The van der Waals surface area contributed by atoms with Crippen LogP contribution in [-0.4, -0.2) is 63.9 Å². The Kier molecular flexibility index (Phi) is 19.5. The summed E-state index contributed by atoms with van der Waals surface area (Å²) in [5.41, 5.74) is 0.